The molecule has 6 atom stereocenters. The number of alkyl halides is 2. The second-order valence-electron chi connectivity index (χ2n) is 13.2. The number of carbonyl (C=O) groups excluding carboxylic acids is 4. The van der Waals surface area contributed by atoms with Crippen LogP contribution >= 0.6 is 39.1 Å². The van der Waals surface area contributed by atoms with Crippen molar-refractivity contribution in [3.05, 3.63) is 82.3 Å². The topological polar surface area (TPSA) is 132 Å². The zero-order chi connectivity index (χ0) is 35.9. The first-order valence-corrected chi connectivity index (χ1v) is 17.4. The fourth-order valence-electron chi connectivity index (χ4n) is 7.92. The molecule has 2 aliphatic carbocycles. The molecule has 1 saturated carbocycles. The fourth-order valence-corrected chi connectivity index (χ4v) is 9.38. The quantitative estimate of drug-likeness (QED) is 0.125. The molecule has 258 valence electrons. The number of allylic oxidation sites excluding steroid dienone is 2. The van der Waals surface area contributed by atoms with E-state index < -0.39 is 51.1 Å². The number of likely N-dealkylation sites (tertiary alicyclic amines) is 1. The number of methoxy groups -OCH3 is 1. The SMILES string of the molecule is COc1cc(Br)cc(C2C3=CCC4C(=O)N(c5ccc(N=Nc6ccc(N(C)C)cc6)cc5)C(=O)C4C3CC3(Cl)C(=O)N(C)C(=O)C23Cl)c1O. The van der Waals surface area contributed by atoms with Gasteiger partial charge in [-0.1, -0.05) is 27.6 Å². The summed E-state index contributed by atoms with van der Waals surface area (Å²) in [7, 11) is 6.60. The molecule has 4 amide bonds. The Hall–Kier alpha value is -4.26. The van der Waals surface area contributed by atoms with Crippen molar-refractivity contribution in [2.24, 2.45) is 28.0 Å². The number of benzene rings is 3. The number of rotatable bonds is 6. The molecule has 1 N–H and O–H groups in total. The molecule has 50 heavy (non-hydrogen) atoms. The molecule has 6 unspecified atom stereocenters. The monoisotopic (exact) mass is 779 g/mol. The number of aromatic hydroxyl groups is 1. The number of nitrogens with zero attached hydrogens (tertiary/aromatic N) is 5. The molecule has 14 heteroatoms. The predicted octanol–water partition coefficient (Wildman–Crippen LogP) is 6.84. The van der Waals surface area contributed by atoms with E-state index >= 15 is 0 Å². The van der Waals surface area contributed by atoms with Gasteiger partial charge in [0.25, 0.3) is 11.8 Å². The van der Waals surface area contributed by atoms with Crippen molar-refractivity contribution in [2.45, 2.75) is 28.5 Å². The average molecular weight is 781 g/mol. The van der Waals surface area contributed by atoms with Gasteiger partial charge < -0.3 is 14.7 Å². The first-order valence-electron chi connectivity index (χ1n) is 15.9. The minimum Gasteiger partial charge on any atom is -0.504 e. The highest BCUT2D eigenvalue weighted by Crippen LogP contribution is 2.66. The Morgan fingerprint density at radius 2 is 1.54 bits per heavy atom. The predicted molar refractivity (Wildman–Crippen MR) is 192 cm³/mol. The Morgan fingerprint density at radius 3 is 2.14 bits per heavy atom. The van der Waals surface area contributed by atoms with E-state index in [4.69, 9.17) is 27.9 Å². The molecule has 0 bridgehead atoms. The van der Waals surface area contributed by atoms with Crippen molar-refractivity contribution in [3.8, 4) is 11.5 Å². The number of fused-ring (bicyclic) bond motifs is 4. The van der Waals surface area contributed by atoms with Crippen LogP contribution in [0, 0.1) is 17.8 Å². The third-order valence-electron chi connectivity index (χ3n) is 10.4. The van der Waals surface area contributed by atoms with E-state index in [1.807, 2.05) is 49.3 Å². The van der Waals surface area contributed by atoms with Crippen molar-refractivity contribution in [1.82, 2.24) is 4.90 Å². The minimum absolute atomic E-state index is 0.111. The number of hydrogen-bond acceptors (Lipinski definition) is 9. The maximum atomic E-state index is 14.3. The maximum Gasteiger partial charge on any atom is 0.253 e. The number of imide groups is 2. The number of carbonyl (C=O) groups is 4. The molecule has 3 aromatic carbocycles. The largest absolute Gasteiger partial charge is 0.504 e. The number of hydrogen-bond donors (Lipinski definition) is 1. The Balaban J connectivity index is 1.24. The van der Waals surface area contributed by atoms with E-state index in [0.29, 0.717) is 27.1 Å². The third-order valence-corrected chi connectivity index (χ3v) is 12.2. The molecule has 11 nitrogen and oxygen atoms in total. The van der Waals surface area contributed by atoms with Gasteiger partial charge in [0.1, 0.15) is 0 Å². The molecular formula is C36H32BrCl2N5O6. The highest BCUT2D eigenvalue weighted by atomic mass is 79.9. The molecule has 2 saturated heterocycles. The number of azo groups is 1. The molecule has 0 spiro atoms. The summed E-state index contributed by atoms with van der Waals surface area (Å²) in [5.74, 6) is -5.94. The molecule has 4 aliphatic rings. The highest BCUT2D eigenvalue weighted by Gasteiger charge is 2.76. The second-order valence-corrected chi connectivity index (χ2v) is 15.3. The van der Waals surface area contributed by atoms with Crippen LogP contribution in [0.25, 0.3) is 0 Å². The fraction of sp³-hybridized carbons (Fsp3) is 0.333. The van der Waals surface area contributed by atoms with Crippen molar-refractivity contribution < 1.29 is 29.0 Å². The summed E-state index contributed by atoms with van der Waals surface area (Å²) in [6, 6.07) is 17.4. The van der Waals surface area contributed by atoms with E-state index in [2.05, 4.69) is 26.2 Å². The van der Waals surface area contributed by atoms with Gasteiger partial charge in [-0.05, 0) is 79.4 Å². The lowest BCUT2D eigenvalue weighted by Crippen LogP contribution is -2.60. The van der Waals surface area contributed by atoms with Crippen molar-refractivity contribution in [3.63, 3.8) is 0 Å². The van der Waals surface area contributed by atoms with Gasteiger partial charge in [0.15, 0.2) is 21.2 Å². The molecule has 2 aliphatic heterocycles. The lowest BCUT2D eigenvalue weighted by molar-refractivity contribution is -0.138. The van der Waals surface area contributed by atoms with Crippen LogP contribution in [0.15, 0.2) is 87.0 Å². The molecule has 0 radical (unpaired) electrons. The van der Waals surface area contributed by atoms with Crippen LogP contribution in [0.5, 0.6) is 11.5 Å². The van der Waals surface area contributed by atoms with Crippen molar-refractivity contribution in [1.29, 1.82) is 0 Å². The Bertz CT molecular complexity index is 2020. The first kappa shape index (κ1) is 34.2. The van der Waals surface area contributed by atoms with E-state index in [-0.39, 0.29) is 35.8 Å². The van der Waals surface area contributed by atoms with Crippen molar-refractivity contribution >= 4 is 85.5 Å². The minimum atomic E-state index is -2.04. The van der Waals surface area contributed by atoms with E-state index in [9.17, 15) is 24.3 Å². The van der Waals surface area contributed by atoms with Gasteiger partial charge in [-0.25, -0.2) is 0 Å². The number of phenolic OH excluding ortho intramolecular Hbond substituents is 1. The van der Waals surface area contributed by atoms with Gasteiger partial charge in [0.05, 0.1) is 36.0 Å². The summed E-state index contributed by atoms with van der Waals surface area (Å²) in [6.07, 6.45) is 1.83. The van der Waals surface area contributed by atoms with Gasteiger partial charge in [-0.2, -0.15) is 10.2 Å². The summed E-state index contributed by atoms with van der Waals surface area (Å²) in [4.78, 5) is 55.9. The highest BCUT2D eigenvalue weighted by molar-refractivity contribution is 9.10. The standard InChI is InChI=1S/C36H32BrCl2N5O6/c1-42(2)21-9-5-19(6-10-21)40-41-20-7-11-22(12-8-20)44-31(46)24-14-13-23-26(28(24)32(44)47)17-35(38)33(48)43(3)34(49)36(35,39)29(23)25-15-18(37)16-27(50-4)30(25)45/h5-13,15-16,24,26,28-29,45H,14,17H2,1-4H3. The lowest BCUT2D eigenvalue weighted by atomic mass is 9.56. The summed E-state index contributed by atoms with van der Waals surface area (Å²) < 4.78 is 5.92. The van der Waals surface area contributed by atoms with Crippen LogP contribution in [0.3, 0.4) is 0 Å². The first-order chi connectivity index (χ1) is 23.7. The van der Waals surface area contributed by atoms with Gasteiger partial charge in [0.2, 0.25) is 11.8 Å². The number of halogens is 3. The molecule has 2 heterocycles. The van der Waals surface area contributed by atoms with Gasteiger partial charge >= 0.3 is 0 Å². The third kappa shape index (κ3) is 4.90. The van der Waals surface area contributed by atoms with Gasteiger partial charge in [-0.3, -0.25) is 29.0 Å². The van der Waals surface area contributed by atoms with Crippen molar-refractivity contribution in [2.75, 3.05) is 38.1 Å². The van der Waals surface area contributed by atoms with Crippen LogP contribution in [0.2, 0.25) is 0 Å². The average Bonchev–Trinajstić information content (AvgIpc) is 3.43. The van der Waals surface area contributed by atoms with E-state index in [1.165, 1.54) is 19.1 Å². The Labute approximate surface area is 306 Å². The van der Waals surface area contributed by atoms with Crippen LogP contribution in [-0.2, 0) is 19.2 Å². The smallest absolute Gasteiger partial charge is 0.253 e. The zero-order valence-electron chi connectivity index (χ0n) is 27.4. The van der Waals surface area contributed by atoms with E-state index in [1.54, 1.807) is 36.4 Å². The Kier molecular flexibility index (Phi) is 8.35. The van der Waals surface area contributed by atoms with Crippen LogP contribution in [-0.4, -0.2) is 71.6 Å². The van der Waals surface area contributed by atoms with Gasteiger partial charge in [-0.15, -0.1) is 23.2 Å². The number of phenols is 1. The number of ether oxygens (including phenoxy) is 1. The van der Waals surface area contributed by atoms with Gasteiger partial charge in [0, 0.05) is 42.8 Å². The number of amides is 4. The maximum absolute atomic E-state index is 14.3. The lowest BCUT2D eigenvalue weighted by Gasteiger charge is -2.50. The summed E-state index contributed by atoms with van der Waals surface area (Å²) in [5.41, 5.74) is 3.36. The second kappa shape index (κ2) is 12.2. The normalized spacial score (nSPS) is 28.9. The number of anilines is 2. The molecule has 3 fully saturated rings. The summed E-state index contributed by atoms with van der Waals surface area (Å²) in [6.45, 7) is 0. The summed E-state index contributed by atoms with van der Waals surface area (Å²) in [5, 5.41) is 20.0. The molecule has 3 aromatic rings. The zero-order valence-corrected chi connectivity index (χ0v) is 30.5. The van der Waals surface area contributed by atoms with E-state index in [0.717, 1.165) is 10.6 Å². The van der Waals surface area contributed by atoms with Crippen LogP contribution in [0.1, 0.15) is 24.3 Å². The molecule has 0 aromatic heterocycles. The Morgan fingerprint density at radius 1 is 0.920 bits per heavy atom. The molecular weight excluding hydrogens is 749 g/mol. The molecule has 7 rings (SSSR count). The van der Waals surface area contributed by atoms with Crippen LogP contribution in [0.4, 0.5) is 22.7 Å². The summed E-state index contributed by atoms with van der Waals surface area (Å²) >= 11 is 17.9. The van der Waals surface area contributed by atoms with Crippen LogP contribution < -0.4 is 14.5 Å².